The Labute approximate surface area is 102 Å². The second-order valence-corrected chi connectivity index (χ2v) is 3.92. The van der Waals surface area contributed by atoms with Gasteiger partial charge in [-0.1, -0.05) is 11.6 Å². The van der Waals surface area contributed by atoms with Crippen LogP contribution in [0.15, 0.2) is 36.4 Å². The number of hydrogen-bond donors (Lipinski definition) is 2. The Balaban J connectivity index is 2.34. The molecule has 0 bridgehead atoms. The van der Waals surface area contributed by atoms with Crippen LogP contribution in [-0.2, 0) is 0 Å². The maximum Gasteiger partial charge on any atom is 0.148 e. The van der Waals surface area contributed by atoms with E-state index < -0.39 is 11.6 Å². The molecule has 17 heavy (non-hydrogen) atoms. The summed E-state index contributed by atoms with van der Waals surface area (Å²) in [4.78, 5) is 0. The minimum atomic E-state index is -0.552. The number of nitrogen functional groups attached to an aromatic ring is 1. The first-order valence-electron chi connectivity index (χ1n) is 4.83. The Kier molecular flexibility index (Phi) is 3.15. The second-order valence-electron chi connectivity index (χ2n) is 3.49. The summed E-state index contributed by atoms with van der Waals surface area (Å²) in [5.74, 6) is -1.06. The highest BCUT2D eigenvalue weighted by molar-refractivity contribution is 6.30. The minimum Gasteiger partial charge on any atom is -0.399 e. The van der Waals surface area contributed by atoms with Gasteiger partial charge in [-0.15, -0.1) is 0 Å². The maximum atomic E-state index is 13.5. The third-order valence-electron chi connectivity index (χ3n) is 2.19. The van der Waals surface area contributed by atoms with Crippen LogP contribution < -0.4 is 11.1 Å². The number of nitrogens with two attached hydrogens (primary N) is 1. The molecule has 2 nitrogen and oxygen atoms in total. The highest BCUT2D eigenvalue weighted by Gasteiger charge is 2.07. The number of benzene rings is 2. The zero-order valence-corrected chi connectivity index (χ0v) is 9.43. The molecule has 0 aliphatic heterocycles. The molecule has 2 aromatic carbocycles. The highest BCUT2D eigenvalue weighted by atomic mass is 35.5. The molecule has 0 amide bonds. The summed E-state index contributed by atoms with van der Waals surface area (Å²) in [6, 6.07) is 8.12. The third-order valence-corrected chi connectivity index (χ3v) is 2.43. The quantitative estimate of drug-likeness (QED) is 0.797. The molecule has 0 aliphatic rings. The summed E-state index contributed by atoms with van der Waals surface area (Å²) >= 11 is 5.73. The zero-order chi connectivity index (χ0) is 12.4. The first kappa shape index (κ1) is 11.7. The van der Waals surface area contributed by atoms with Gasteiger partial charge < -0.3 is 11.1 Å². The van der Waals surface area contributed by atoms with E-state index in [1.807, 2.05) is 0 Å². The van der Waals surface area contributed by atoms with Gasteiger partial charge in [0.1, 0.15) is 11.6 Å². The average molecular weight is 255 g/mol. The van der Waals surface area contributed by atoms with Gasteiger partial charge in [-0.25, -0.2) is 8.78 Å². The lowest BCUT2D eigenvalue weighted by molar-refractivity contribution is 0.626. The Morgan fingerprint density at radius 3 is 2.41 bits per heavy atom. The van der Waals surface area contributed by atoms with Crippen LogP contribution in [0.3, 0.4) is 0 Å². The molecule has 0 radical (unpaired) electrons. The van der Waals surface area contributed by atoms with Crippen LogP contribution in [0.5, 0.6) is 0 Å². The monoisotopic (exact) mass is 254 g/mol. The minimum absolute atomic E-state index is 0.112. The number of nitrogens with one attached hydrogen (secondary N) is 1. The highest BCUT2D eigenvalue weighted by Crippen LogP contribution is 2.26. The number of halogens is 3. The molecular formula is C12H9ClF2N2. The van der Waals surface area contributed by atoms with Gasteiger partial charge >= 0.3 is 0 Å². The summed E-state index contributed by atoms with van der Waals surface area (Å²) < 4.78 is 26.9. The van der Waals surface area contributed by atoms with E-state index >= 15 is 0 Å². The van der Waals surface area contributed by atoms with E-state index in [1.54, 1.807) is 0 Å². The molecule has 0 aliphatic carbocycles. The standard InChI is InChI=1S/C12H9ClF2N2/c13-7-1-3-9(14)12(5-7)17-11-4-2-8(16)6-10(11)15/h1-6,17H,16H2. The van der Waals surface area contributed by atoms with E-state index in [-0.39, 0.29) is 11.4 Å². The van der Waals surface area contributed by atoms with Gasteiger partial charge in [0.15, 0.2) is 0 Å². The van der Waals surface area contributed by atoms with Crippen LogP contribution in [0, 0.1) is 11.6 Å². The molecule has 0 aromatic heterocycles. The average Bonchev–Trinajstić information content (AvgIpc) is 2.27. The topological polar surface area (TPSA) is 38.0 Å². The summed E-state index contributed by atoms with van der Waals surface area (Å²) in [7, 11) is 0. The number of anilines is 3. The number of hydrogen-bond acceptors (Lipinski definition) is 2. The Morgan fingerprint density at radius 1 is 0.941 bits per heavy atom. The van der Waals surface area contributed by atoms with Gasteiger partial charge in [0, 0.05) is 10.7 Å². The van der Waals surface area contributed by atoms with Crippen molar-refractivity contribution in [3.63, 3.8) is 0 Å². The fourth-order valence-electron chi connectivity index (χ4n) is 1.37. The molecule has 0 heterocycles. The molecule has 0 atom stereocenters. The smallest absolute Gasteiger partial charge is 0.148 e. The van der Waals surface area contributed by atoms with Gasteiger partial charge in [-0.2, -0.15) is 0 Å². The zero-order valence-electron chi connectivity index (χ0n) is 8.68. The van der Waals surface area contributed by atoms with Crippen molar-refractivity contribution in [2.24, 2.45) is 0 Å². The van der Waals surface area contributed by atoms with Crippen molar-refractivity contribution in [1.29, 1.82) is 0 Å². The predicted octanol–water partition coefficient (Wildman–Crippen LogP) is 3.94. The third kappa shape index (κ3) is 2.65. The van der Waals surface area contributed by atoms with Crippen LogP contribution in [0.25, 0.3) is 0 Å². The molecule has 5 heteroatoms. The Hall–Kier alpha value is -1.81. The van der Waals surface area contributed by atoms with Crippen molar-refractivity contribution in [2.75, 3.05) is 11.1 Å². The lowest BCUT2D eigenvalue weighted by atomic mass is 10.2. The van der Waals surface area contributed by atoms with Gasteiger partial charge in [0.25, 0.3) is 0 Å². The molecule has 0 unspecified atom stereocenters. The summed E-state index contributed by atoms with van der Waals surface area (Å²) in [5, 5.41) is 2.98. The molecule has 0 spiro atoms. The first-order chi connectivity index (χ1) is 8.06. The Bertz CT molecular complexity index is 558. The summed E-state index contributed by atoms with van der Waals surface area (Å²) in [6.45, 7) is 0. The number of rotatable bonds is 2. The van der Waals surface area contributed by atoms with E-state index in [2.05, 4.69) is 5.32 Å². The Morgan fingerprint density at radius 2 is 1.71 bits per heavy atom. The fraction of sp³-hybridized carbons (Fsp3) is 0. The molecule has 2 aromatic rings. The van der Waals surface area contributed by atoms with Crippen LogP contribution in [0.4, 0.5) is 25.8 Å². The molecule has 2 rings (SSSR count). The van der Waals surface area contributed by atoms with Crippen LogP contribution in [0.1, 0.15) is 0 Å². The predicted molar refractivity (Wildman–Crippen MR) is 65.5 cm³/mol. The van der Waals surface area contributed by atoms with Crippen molar-refractivity contribution in [2.45, 2.75) is 0 Å². The van der Waals surface area contributed by atoms with Gasteiger partial charge in [0.05, 0.1) is 11.4 Å². The van der Waals surface area contributed by atoms with Crippen LogP contribution >= 0.6 is 11.6 Å². The maximum absolute atomic E-state index is 13.5. The second kappa shape index (κ2) is 4.59. The van der Waals surface area contributed by atoms with Gasteiger partial charge in [-0.3, -0.25) is 0 Å². The van der Waals surface area contributed by atoms with Crippen LogP contribution in [0.2, 0.25) is 5.02 Å². The SMILES string of the molecule is Nc1ccc(Nc2cc(Cl)ccc2F)c(F)c1. The van der Waals surface area contributed by atoms with Crippen molar-refractivity contribution >= 4 is 28.7 Å². The molecule has 0 saturated heterocycles. The first-order valence-corrected chi connectivity index (χ1v) is 5.21. The van der Waals surface area contributed by atoms with Crippen molar-refractivity contribution in [3.8, 4) is 0 Å². The van der Waals surface area contributed by atoms with E-state index in [0.29, 0.717) is 10.7 Å². The lowest BCUT2D eigenvalue weighted by Crippen LogP contribution is -1.97. The summed E-state index contributed by atoms with van der Waals surface area (Å²) in [5.41, 5.74) is 5.97. The van der Waals surface area contributed by atoms with E-state index in [4.69, 9.17) is 17.3 Å². The molecule has 3 N–H and O–H groups in total. The van der Waals surface area contributed by atoms with E-state index in [1.165, 1.54) is 30.3 Å². The molecule has 0 saturated carbocycles. The van der Waals surface area contributed by atoms with Gasteiger partial charge in [0.2, 0.25) is 0 Å². The lowest BCUT2D eigenvalue weighted by Gasteiger charge is -2.09. The summed E-state index contributed by atoms with van der Waals surface area (Å²) in [6.07, 6.45) is 0. The van der Waals surface area contributed by atoms with Crippen molar-refractivity contribution in [3.05, 3.63) is 53.1 Å². The van der Waals surface area contributed by atoms with Gasteiger partial charge in [-0.05, 0) is 36.4 Å². The molecular weight excluding hydrogens is 246 g/mol. The largest absolute Gasteiger partial charge is 0.399 e. The van der Waals surface area contributed by atoms with E-state index in [9.17, 15) is 8.78 Å². The fourth-order valence-corrected chi connectivity index (χ4v) is 1.54. The normalized spacial score (nSPS) is 10.3. The molecule has 88 valence electrons. The van der Waals surface area contributed by atoms with Crippen molar-refractivity contribution in [1.82, 2.24) is 0 Å². The van der Waals surface area contributed by atoms with Crippen molar-refractivity contribution < 1.29 is 8.78 Å². The molecule has 0 fully saturated rings. The van der Waals surface area contributed by atoms with Crippen LogP contribution in [-0.4, -0.2) is 0 Å². The van der Waals surface area contributed by atoms with E-state index in [0.717, 1.165) is 6.07 Å².